The zero-order valence-corrected chi connectivity index (χ0v) is 14.2. The van der Waals surface area contributed by atoms with E-state index >= 15 is 0 Å². The van der Waals surface area contributed by atoms with Crippen molar-refractivity contribution in [3.8, 4) is 0 Å². The molecular formula is C16H23BrF2N2. The Morgan fingerprint density at radius 2 is 1.81 bits per heavy atom. The molecule has 1 unspecified atom stereocenters. The standard InChI is InChI=1S/C16H23BrF2N2/c1-3-16(4-2,21-9-5-6-10-21)15(20)13-12(18)8-7-11(17)14(13)19/h7-8,15H,3-6,9-10,20H2,1-2H3. The van der Waals surface area contributed by atoms with Crippen molar-refractivity contribution < 1.29 is 8.78 Å². The lowest BCUT2D eigenvalue weighted by atomic mass is 9.79. The van der Waals surface area contributed by atoms with Crippen LogP contribution in [0.3, 0.4) is 0 Å². The molecule has 1 atom stereocenters. The van der Waals surface area contributed by atoms with Gasteiger partial charge in [0, 0.05) is 11.1 Å². The Morgan fingerprint density at radius 1 is 1.24 bits per heavy atom. The zero-order chi connectivity index (χ0) is 15.6. The van der Waals surface area contributed by atoms with Crippen LogP contribution >= 0.6 is 15.9 Å². The molecule has 5 heteroatoms. The van der Waals surface area contributed by atoms with E-state index in [0.717, 1.165) is 38.8 Å². The van der Waals surface area contributed by atoms with Crippen molar-refractivity contribution in [3.63, 3.8) is 0 Å². The molecule has 1 heterocycles. The molecule has 1 aromatic rings. The van der Waals surface area contributed by atoms with Crippen molar-refractivity contribution in [3.05, 3.63) is 33.8 Å². The monoisotopic (exact) mass is 360 g/mol. The van der Waals surface area contributed by atoms with E-state index in [1.165, 1.54) is 12.1 Å². The molecule has 0 bridgehead atoms. The Bertz CT molecular complexity index is 497. The molecule has 1 aromatic carbocycles. The average Bonchev–Trinajstić information content (AvgIpc) is 3.00. The van der Waals surface area contributed by atoms with Crippen LogP contribution in [0.5, 0.6) is 0 Å². The van der Waals surface area contributed by atoms with Crippen molar-refractivity contribution in [2.45, 2.75) is 51.1 Å². The second-order valence-electron chi connectivity index (χ2n) is 5.74. The molecule has 0 saturated carbocycles. The molecular weight excluding hydrogens is 338 g/mol. The summed E-state index contributed by atoms with van der Waals surface area (Å²) in [4.78, 5) is 2.32. The molecule has 0 spiro atoms. The smallest absolute Gasteiger partial charge is 0.145 e. The fourth-order valence-corrected chi connectivity index (χ4v) is 3.94. The SMILES string of the molecule is CCC(CC)(C(N)c1c(F)ccc(Br)c1F)N1CCCC1. The quantitative estimate of drug-likeness (QED) is 0.789. The number of hydrogen-bond donors (Lipinski definition) is 1. The Kier molecular flexibility index (Phi) is 5.38. The number of nitrogens with two attached hydrogens (primary N) is 1. The molecule has 0 radical (unpaired) electrons. The van der Waals surface area contributed by atoms with Gasteiger partial charge in [0.25, 0.3) is 0 Å². The maximum absolute atomic E-state index is 14.4. The van der Waals surface area contributed by atoms with E-state index in [2.05, 4.69) is 34.7 Å². The summed E-state index contributed by atoms with van der Waals surface area (Å²) in [5.74, 6) is -1.14. The second kappa shape index (κ2) is 6.71. The number of benzene rings is 1. The van der Waals surface area contributed by atoms with Gasteiger partial charge in [-0.2, -0.15) is 0 Å². The fourth-order valence-electron chi connectivity index (χ4n) is 3.59. The van der Waals surface area contributed by atoms with Gasteiger partial charge in [-0.25, -0.2) is 8.78 Å². The molecule has 2 nitrogen and oxygen atoms in total. The van der Waals surface area contributed by atoms with Crippen molar-refractivity contribution in [1.29, 1.82) is 0 Å². The topological polar surface area (TPSA) is 29.3 Å². The maximum atomic E-state index is 14.4. The molecule has 0 amide bonds. The number of hydrogen-bond acceptors (Lipinski definition) is 2. The molecule has 21 heavy (non-hydrogen) atoms. The predicted molar refractivity (Wildman–Crippen MR) is 85.1 cm³/mol. The molecule has 1 saturated heterocycles. The lowest BCUT2D eigenvalue weighted by Gasteiger charge is -2.45. The summed E-state index contributed by atoms with van der Waals surface area (Å²) in [6.07, 6.45) is 3.79. The third kappa shape index (κ3) is 2.88. The highest BCUT2D eigenvalue weighted by atomic mass is 79.9. The highest BCUT2D eigenvalue weighted by molar-refractivity contribution is 9.10. The van der Waals surface area contributed by atoms with Crippen molar-refractivity contribution in [2.75, 3.05) is 13.1 Å². The maximum Gasteiger partial charge on any atom is 0.145 e. The van der Waals surface area contributed by atoms with Gasteiger partial charge in [-0.3, -0.25) is 4.90 Å². The first-order valence-corrected chi connectivity index (χ1v) is 8.41. The molecule has 1 aliphatic rings. The lowest BCUT2D eigenvalue weighted by Crippen LogP contribution is -2.54. The Hall–Kier alpha value is -0.520. The van der Waals surface area contributed by atoms with Gasteiger partial charge in [-0.05, 0) is 66.8 Å². The van der Waals surface area contributed by atoms with Crippen LogP contribution in [0.4, 0.5) is 8.78 Å². The van der Waals surface area contributed by atoms with Crippen LogP contribution in [0, 0.1) is 11.6 Å². The lowest BCUT2D eigenvalue weighted by molar-refractivity contribution is 0.0739. The largest absolute Gasteiger partial charge is 0.322 e. The molecule has 1 fully saturated rings. The first-order valence-electron chi connectivity index (χ1n) is 7.62. The van der Waals surface area contributed by atoms with Crippen molar-refractivity contribution >= 4 is 15.9 Å². The third-order valence-corrected chi connectivity index (χ3v) is 5.54. The molecule has 118 valence electrons. The summed E-state index contributed by atoms with van der Waals surface area (Å²) < 4.78 is 28.9. The average molecular weight is 361 g/mol. The first-order chi connectivity index (χ1) is 9.97. The predicted octanol–water partition coefficient (Wildman–Crippen LogP) is 4.38. The fraction of sp³-hybridized carbons (Fsp3) is 0.625. The van der Waals surface area contributed by atoms with E-state index in [0.29, 0.717) is 0 Å². The number of rotatable bonds is 5. The second-order valence-corrected chi connectivity index (χ2v) is 6.59. The van der Waals surface area contributed by atoms with Crippen LogP contribution in [0.25, 0.3) is 0 Å². The van der Waals surface area contributed by atoms with Crippen molar-refractivity contribution in [2.24, 2.45) is 5.73 Å². The third-order valence-electron chi connectivity index (χ3n) is 4.93. The van der Waals surface area contributed by atoms with Crippen LogP contribution in [-0.2, 0) is 0 Å². The zero-order valence-electron chi connectivity index (χ0n) is 12.6. The van der Waals surface area contributed by atoms with Crippen LogP contribution in [0.2, 0.25) is 0 Å². The van der Waals surface area contributed by atoms with E-state index in [4.69, 9.17) is 5.73 Å². The van der Waals surface area contributed by atoms with Gasteiger partial charge in [-0.1, -0.05) is 13.8 Å². The number of nitrogens with zero attached hydrogens (tertiary/aromatic N) is 1. The summed E-state index contributed by atoms with van der Waals surface area (Å²) in [5.41, 5.74) is 6.01. The van der Waals surface area contributed by atoms with Gasteiger partial charge in [0.1, 0.15) is 11.6 Å². The highest BCUT2D eigenvalue weighted by Gasteiger charge is 2.43. The van der Waals surface area contributed by atoms with Gasteiger partial charge >= 0.3 is 0 Å². The Labute approximate surface area is 133 Å². The molecule has 2 N–H and O–H groups in total. The Balaban J connectivity index is 2.48. The van der Waals surface area contributed by atoms with Crippen molar-refractivity contribution in [1.82, 2.24) is 4.90 Å². The first kappa shape index (κ1) is 16.8. The Morgan fingerprint density at radius 3 is 2.33 bits per heavy atom. The summed E-state index contributed by atoms with van der Waals surface area (Å²) in [5, 5.41) is 0. The van der Waals surface area contributed by atoms with E-state index in [1.807, 2.05) is 0 Å². The summed E-state index contributed by atoms with van der Waals surface area (Å²) in [6.45, 7) is 6.00. The minimum absolute atomic E-state index is 0.0000231. The molecule has 0 aromatic heterocycles. The van der Waals surface area contributed by atoms with Crippen LogP contribution < -0.4 is 5.73 Å². The van der Waals surface area contributed by atoms with Crippen LogP contribution in [0.15, 0.2) is 16.6 Å². The summed E-state index contributed by atoms with van der Waals surface area (Å²) in [6, 6.07) is 1.99. The van der Waals surface area contributed by atoms with Crippen LogP contribution in [0.1, 0.15) is 51.1 Å². The van der Waals surface area contributed by atoms with Gasteiger partial charge in [0.2, 0.25) is 0 Å². The molecule has 1 aliphatic heterocycles. The normalized spacial score (nSPS) is 18.2. The molecule has 0 aliphatic carbocycles. The van der Waals surface area contributed by atoms with E-state index < -0.39 is 17.7 Å². The molecule has 2 rings (SSSR count). The summed E-state index contributed by atoms with van der Waals surface area (Å²) in [7, 11) is 0. The van der Waals surface area contributed by atoms with E-state index in [-0.39, 0.29) is 15.6 Å². The van der Waals surface area contributed by atoms with Crippen LogP contribution in [-0.4, -0.2) is 23.5 Å². The van der Waals surface area contributed by atoms with Gasteiger partial charge in [0.15, 0.2) is 0 Å². The summed E-state index contributed by atoms with van der Waals surface area (Å²) >= 11 is 3.13. The number of likely N-dealkylation sites (tertiary alicyclic amines) is 1. The number of halogens is 3. The van der Waals surface area contributed by atoms with E-state index in [1.54, 1.807) is 0 Å². The van der Waals surface area contributed by atoms with Gasteiger partial charge < -0.3 is 5.73 Å². The minimum atomic E-state index is -0.678. The highest BCUT2D eigenvalue weighted by Crippen LogP contribution is 2.40. The van der Waals surface area contributed by atoms with Gasteiger partial charge in [0.05, 0.1) is 10.5 Å². The van der Waals surface area contributed by atoms with Gasteiger partial charge in [-0.15, -0.1) is 0 Å². The minimum Gasteiger partial charge on any atom is -0.322 e. The van der Waals surface area contributed by atoms with E-state index in [9.17, 15) is 8.78 Å².